The van der Waals surface area contributed by atoms with Crippen LogP contribution in [0.15, 0.2) is 78.4 Å². The van der Waals surface area contributed by atoms with E-state index in [1.54, 1.807) is 24.5 Å². The van der Waals surface area contributed by atoms with Gasteiger partial charge in [0.2, 0.25) is 0 Å². The molecule has 0 aliphatic carbocycles. The third kappa shape index (κ3) is 4.16. The van der Waals surface area contributed by atoms with E-state index >= 15 is 0 Å². The fourth-order valence-electron chi connectivity index (χ4n) is 3.63. The normalized spacial score (nSPS) is 12.7. The molecule has 1 N–H and O–H groups in total. The van der Waals surface area contributed by atoms with Crippen molar-refractivity contribution in [3.63, 3.8) is 0 Å². The topological polar surface area (TPSA) is 92.3 Å². The summed E-state index contributed by atoms with van der Waals surface area (Å²) in [6.07, 6.45) is 3.41. The van der Waals surface area contributed by atoms with E-state index in [1.165, 1.54) is 22.3 Å². The van der Waals surface area contributed by atoms with Crippen LogP contribution < -0.4 is 5.32 Å². The summed E-state index contributed by atoms with van der Waals surface area (Å²) in [4.78, 5) is 48.0. The molecular formula is C25H18N4O3S. The number of carbonyl (C=O) groups excluding carboxylic acids is 3. The highest BCUT2D eigenvalue weighted by atomic mass is 32.1. The van der Waals surface area contributed by atoms with Crippen molar-refractivity contribution in [1.29, 1.82) is 0 Å². The number of aromatic nitrogens is 2. The molecule has 2 aromatic heterocycles. The second-order valence-electron chi connectivity index (χ2n) is 7.50. The molecule has 1 aliphatic rings. The summed E-state index contributed by atoms with van der Waals surface area (Å²) in [6.45, 7) is 0.447. The van der Waals surface area contributed by atoms with Gasteiger partial charge in [-0.2, -0.15) is 0 Å². The summed E-state index contributed by atoms with van der Waals surface area (Å²) in [5, 5.41) is 5.57. The fraction of sp³-hybridized carbons (Fsp3) is 0.0800. The van der Waals surface area contributed by atoms with Crippen molar-refractivity contribution in [2.45, 2.75) is 13.1 Å². The van der Waals surface area contributed by atoms with Crippen molar-refractivity contribution in [1.82, 2.24) is 20.2 Å². The minimum atomic E-state index is -0.394. The maximum atomic E-state index is 12.9. The lowest BCUT2D eigenvalue weighted by Gasteiger charge is -2.13. The lowest BCUT2D eigenvalue weighted by molar-refractivity contribution is 0.0642. The summed E-state index contributed by atoms with van der Waals surface area (Å²) in [5.74, 6) is -1.08. The Balaban J connectivity index is 1.27. The summed E-state index contributed by atoms with van der Waals surface area (Å²) in [7, 11) is 0. The van der Waals surface area contributed by atoms with E-state index in [-0.39, 0.29) is 30.5 Å². The molecule has 4 aromatic rings. The first kappa shape index (κ1) is 20.7. The number of rotatable bonds is 6. The first-order chi connectivity index (χ1) is 16.1. The number of fused-ring (bicyclic) bond motifs is 1. The molecule has 33 heavy (non-hydrogen) atoms. The van der Waals surface area contributed by atoms with E-state index in [0.717, 1.165) is 21.8 Å². The number of nitrogens with one attached hydrogen (secondary N) is 1. The Morgan fingerprint density at radius 1 is 0.939 bits per heavy atom. The first-order valence-electron chi connectivity index (χ1n) is 10.3. The monoisotopic (exact) mass is 454 g/mol. The zero-order valence-corrected chi connectivity index (χ0v) is 18.2. The molecule has 0 atom stereocenters. The molecule has 0 saturated carbocycles. The summed E-state index contributed by atoms with van der Waals surface area (Å²) < 4.78 is 0. The number of benzene rings is 2. The van der Waals surface area contributed by atoms with Crippen LogP contribution in [0.4, 0.5) is 0 Å². The van der Waals surface area contributed by atoms with Gasteiger partial charge in [-0.1, -0.05) is 30.3 Å². The molecule has 1 aliphatic heterocycles. The van der Waals surface area contributed by atoms with Crippen molar-refractivity contribution in [2.75, 3.05) is 0 Å². The number of nitrogens with zero attached hydrogens (tertiary/aromatic N) is 3. The molecule has 5 rings (SSSR count). The molecule has 162 valence electrons. The summed E-state index contributed by atoms with van der Waals surface area (Å²) in [5.41, 5.74) is 3.45. The molecule has 3 amide bonds. The van der Waals surface area contributed by atoms with E-state index in [4.69, 9.17) is 0 Å². The van der Waals surface area contributed by atoms with Gasteiger partial charge < -0.3 is 5.32 Å². The van der Waals surface area contributed by atoms with E-state index < -0.39 is 5.91 Å². The standard InChI is InChI=1S/C25H18N4O3S/c30-22(27-13-19-15-33-23(28-19)17-8-10-26-11-9-17)18-6-7-20-21(12-18)25(32)29(24(20)31)14-16-4-2-1-3-5-16/h1-12,15H,13-14H2,(H,27,30). The van der Waals surface area contributed by atoms with Crippen LogP contribution in [-0.4, -0.2) is 32.6 Å². The number of imide groups is 1. The van der Waals surface area contributed by atoms with Gasteiger partial charge in [0.1, 0.15) is 5.01 Å². The second-order valence-corrected chi connectivity index (χ2v) is 8.36. The predicted octanol–water partition coefficient (Wildman–Crippen LogP) is 3.93. The van der Waals surface area contributed by atoms with Gasteiger partial charge in [0.05, 0.1) is 29.9 Å². The Morgan fingerprint density at radius 2 is 1.70 bits per heavy atom. The minimum Gasteiger partial charge on any atom is -0.346 e. The molecule has 0 radical (unpaired) electrons. The molecule has 0 saturated heterocycles. The number of hydrogen-bond acceptors (Lipinski definition) is 6. The zero-order chi connectivity index (χ0) is 22.8. The SMILES string of the molecule is O=C(NCc1csc(-c2ccncc2)n1)c1ccc2c(c1)C(=O)N(Cc1ccccc1)C2=O. The highest BCUT2D eigenvalue weighted by Crippen LogP contribution is 2.26. The Bertz CT molecular complexity index is 1350. The molecule has 3 heterocycles. The molecule has 8 heteroatoms. The lowest BCUT2D eigenvalue weighted by atomic mass is 10.1. The largest absolute Gasteiger partial charge is 0.346 e. The third-order valence-electron chi connectivity index (χ3n) is 5.33. The van der Waals surface area contributed by atoms with Crippen LogP contribution in [0.25, 0.3) is 10.6 Å². The minimum absolute atomic E-state index is 0.193. The molecular weight excluding hydrogens is 436 g/mol. The predicted molar refractivity (Wildman–Crippen MR) is 124 cm³/mol. The molecule has 0 bridgehead atoms. The van der Waals surface area contributed by atoms with Crippen molar-refractivity contribution in [3.8, 4) is 10.6 Å². The van der Waals surface area contributed by atoms with Gasteiger partial charge in [0, 0.05) is 28.9 Å². The van der Waals surface area contributed by atoms with Gasteiger partial charge in [0.15, 0.2) is 0 Å². The average Bonchev–Trinajstić information content (AvgIpc) is 3.43. The molecule has 0 fully saturated rings. The second kappa shape index (κ2) is 8.76. The van der Waals surface area contributed by atoms with Crippen molar-refractivity contribution in [3.05, 3.63) is 106 Å². The van der Waals surface area contributed by atoms with Crippen LogP contribution >= 0.6 is 11.3 Å². The Hall–Kier alpha value is -4.17. The van der Waals surface area contributed by atoms with Crippen LogP contribution in [0.2, 0.25) is 0 Å². The number of pyridine rings is 1. The maximum Gasteiger partial charge on any atom is 0.261 e. The summed E-state index contributed by atoms with van der Waals surface area (Å²) in [6, 6.07) is 17.7. The van der Waals surface area contributed by atoms with Crippen LogP contribution in [0.3, 0.4) is 0 Å². The number of carbonyl (C=O) groups is 3. The molecule has 7 nitrogen and oxygen atoms in total. The average molecular weight is 455 g/mol. The van der Waals surface area contributed by atoms with Crippen molar-refractivity contribution < 1.29 is 14.4 Å². The number of thiazole rings is 1. The smallest absolute Gasteiger partial charge is 0.261 e. The van der Waals surface area contributed by atoms with Gasteiger partial charge in [-0.15, -0.1) is 11.3 Å². The van der Waals surface area contributed by atoms with Gasteiger partial charge in [-0.3, -0.25) is 24.3 Å². The van der Waals surface area contributed by atoms with E-state index in [0.29, 0.717) is 11.1 Å². The molecule has 2 aromatic carbocycles. The van der Waals surface area contributed by atoms with Gasteiger partial charge in [-0.05, 0) is 35.9 Å². The van der Waals surface area contributed by atoms with E-state index in [1.807, 2.05) is 47.8 Å². The van der Waals surface area contributed by atoms with Crippen LogP contribution in [0.5, 0.6) is 0 Å². The van der Waals surface area contributed by atoms with E-state index in [9.17, 15) is 14.4 Å². The highest BCUT2D eigenvalue weighted by Gasteiger charge is 2.36. The number of hydrogen-bond donors (Lipinski definition) is 1. The van der Waals surface area contributed by atoms with Gasteiger partial charge in [-0.25, -0.2) is 4.98 Å². The third-order valence-corrected chi connectivity index (χ3v) is 6.27. The van der Waals surface area contributed by atoms with Gasteiger partial charge in [0.25, 0.3) is 17.7 Å². The van der Waals surface area contributed by atoms with Gasteiger partial charge >= 0.3 is 0 Å². The molecule has 0 unspecified atom stereocenters. The number of amides is 3. The van der Waals surface area contributed by atoms with Crippen LogP contribution in [0, 0.1) is 0 Å². The Kier molecular flexibility index (Phi) is 5.50. The summed E-state index contributed by atoms with van der Waals surface area (Å²) >= 11 is 1.49. The Morgan fingerprint density at radius 3 is 2.48 bits per heavy atom. The lowest BCUT2D eigenvalue weighted by Crippen LogP contribution is -2.29. The quantitative estimate of drug-likeness (QED) is 0.446. The highest BCUT2D eigenvalue weighted by molar-refractivity contribution is 7.13. The van der Waals surface area contributed by atoms with Crippen molar-refractivity contribution >= 4 is 29.1 Å². The maximum absolute atomic E-state index is 12.9. The molecule has 0 spiro atoms. The van der Waals surface area contributed by atoms with E-state index in [2.05, 4.69) is 15.3 Å². The zero-order valence-electron chi connectivity index (χ0n) is 17.4. The first-order valence-corrected chi connectivity index (χ1v) is 11.2. The fourth-order valence-corrected chi connectivity index (χ4v) is 4.46. The Labute approximate surface area is 193 Å². The van der Waals surface area contributed by atoms with Crippen molar-refractivity contribution in [2.24, 2.45) is 0 Å². The van der Waals surface area contributed by atoms with Crippen LogP contribution in [0.1, 0.15) is 42.3 Å². The van der Waals surface area contributed by atoms with Crippen LogP contribution in [-0.2, 0) is 13.1 Å².